The van der Waals surface area contributed by atoms with Crippen LogP contribution in [-0.2, 0) is 0 Å². The summed E-state index contributed by atoms with van der Waals surface area (Å²) in [6, 6.07) is 7.05. The Morgan fingerprint density at radius 3 is 2.93 bits per heavy atom. The van der Waals surface area contributed by atoms with E-state index in [1.807, 2.05) is 16.8 Å². The number of nitrogens with zero attached hydrogens (tertiary/aromatic N) is 3. The Bertz CT molecular complexity index is 973. The molecule has 1 unspecified atom stereocenters. The lowest BCUT2D eigenvalue weighted by atomic mass is 9.98. The largest absolute Gasteiger partial charge is 0.497 e. The second kappa shape index (κ2) is 8.52. The van der Waals surface area contributed by atoms with Gasteiger partial charge in [0, 0.05) is 30.1 Å². The molecular formula is C20H22N4O4S. The van der Waals surface area contributed by atoms with E-state index in [1.54, 1.807) is 48.7 Å². The molecule has 9 heteroatoms. The van der Waals surface area contributed by atoms with Crippen LogP contribution in [-0.4, -0.2) is 48.4 Å². The van der Waals surface area contributed by atoms with Crippen molar-refractivity contribution in [2.45, 2.75) is 18.8 Å². The van der Waals surface area contributed by atoms with Crippen LogP contribution in [0.1, 0.15) is 24.7 Å². The highest BCUT2D eigenvalue weighted by molar-refractivity contribution is 7.08. The van der Waals surface area contributed by atoms with E-state index < -0.39 is 0 Å². The third kappa shape index (κ3) is 4.19. The number of amides is 2. The van der Waals surface area contributed by atoms with Crippen molar-refractivity contribution in [3.8, 4) is 23.0 Å². The number of ether oxygens (including phenoxy) is 2. The number of anilines is 1. The minimum absolute atomic E-state index is 0.0205. The molecule has 0 radical (unpaired) electrons. The van der Waals surface area contributed by atoms with Crippen LogP contribution in [0.15, 0.2) is 39.4 Å². The molecule has 0 spiro atoms. The van der Waals surface area contributed by atoms with Crippen LogP contribution in [0.5, 0.6) is 11.5 Å². The van der Waals surface area contributed by atoms with Crippen LogP contribution in [0, 0.1) is 0 Å². The Labute approximate surface area is 172 Å². The summed E-state index contributed by atoms with van der Waals surface area (Å²) in [6.45, 7) is 1.20. The van der Waals surface area contributed by atoms with Gasteiger partial charge in [-0.2, -0.15) is 11.3 Å². The van der Waals surface area contributed by atoms with Crippen molar-refractivity contribution in [1.29, 1.82) is 0 Å². The molecule has 8 nitrogen and oxygen atoms in total. The van der Waals surface area contributed by atoms with E-state index in [0.29, 0.717) is 42.1 Å². The molecule has 1 aliphatic rings. The molecule has 0 saturated carbocycles. The topological polar surface area (TPSA) is 89.7 Å². The number of aromatic nitrogens is 2. The first-order chi connectivity index (χ1) is 14.2. The number of carbonyl (C=O) groups is 1. The van der Waals surface area contributed by atoms with Crippen LogP contribution in [0.2, 0.25) is 0 Å². The number of carbonyl (C=O) groups excluding carboxylic acids is 1. The minimum atomic E-state index is -0.184. The van der Waals surface area contributed by atoms with Gasteiger partial charge in [0.25, 0.3) is 0 Å². The highest BCUT2D eigenvalue weighted by Gasteiger charge is 2.29. The zero-order chi connectivity index (χ0) is 20.2. The van der Waals surface area contributed by atoms with Gasteiger partial charge in [-0.15, -0.1) is 10.2 Å². The summed E-state index contributed by atoms with van der Waals surface area (Å²) in [5.41, 5.74) is 1.52. The van der Waals surface area contributed by atoms with Gasteiger partial charge in [0.05, 0.1) is 25.8 Å². The fourth-order valence-corrected chi connectivity index (χ4v) is 3.99. The Balaban J connectivity index is 1.44. The molecule has 29 heavy (non-hydrogen) atoms. The molecule has 152 valence electrons. The standard InChI is InChI=1S/C20H22N4O4S/c1-26-15-5-6-16(17(10-15)27-2)21-20(25)24-8-3-4-13(11-24)18-22-23-19(28-18)14-7-9-29-12-14/h5-7,9-10,12-13H,3-4,8,11H2,1-2H3,(H,21,25). The number of thiophene rings is 1. The normalized spacial score (nSPS) is 16.5. The first-order valence-electron chi connectivity index (χ1n) is 9.32. The lowest BCUT2D eigenvalue weighted by Gasteiger charge is -2.31. The molecule has 1 aromatic carbocycles. The molecule has 1 atom stereocenters. The summed E-state index contributed by atoms with van der Waals surface area (Å²) < 4.78 is 16.4. The zero-order valence-corrected chi connectivity index (χ0v) is 17.1. The minimum Gasteiger partial charge on any atom is -0.497 e. The molecule has 1 aliphatic heterocycles. The van der Waals surface area contributed by atoms with Crippen molar-refractivity contribution in [3.63, 3.8) is 0 Å². The van der Waals surface area contributed by atoms with E-state index >= 15 is 0 Å². The number of likely N-dealkylation sites (tertiary alicyclic amines) is 1. The number of methoxy groups -OCH3 is 2. The van der Waals surface area contributed by atoms with Gasteiger partial charge in [0.1, 0.15) is 11.5 Å². The van der Waals surface area contributed by atoms with E-state index in [-0.39, 0.29) is 11.9 Å². The predicted molar refractivity (Wildman–Crippen MR) is 110 cm³/mol. The molecule has 1 saturated heterocycles. The molecule has 0 bridgehead atoms. The SMILES string of the molecule is COc1ccc(NC(=O)N2CCCC(c3nnc(-c4ccsc4)o3)C2)c(OC)c1. The Morgan fingerprint density at radius 1 is 1.28 bits per heavy atom. The van der Waals surface area contributed by atoms with Crippen LogP contribution < -0.4 is 14.8 Å². The zero-order valence-electron chi connectivity index (χ0n) is 16.3. The van der Waals surface area contributed by atoms with E-state index in [9.17, 15) is 4.79 Å². The van der Waals surface area contributed by atoms with Crippen LogP contribution in [0.3, 0.4) is 0 Å². The quantitative estimate of drug-likeness (QED) is 0.672. The van der Waals surface area contributed by atoms with Crippen molar-refractivity contribution in [3.05, 3.63) is 40.9 Å². The number of hydrogen-bond acceptors (Lipinski definition) is 7. The Hall–Kier alpha value is -3.07. The second-order valence-corrected chi connectivity index (χ2v) is 7.52. The first kappa shape index (κ1) is 19.3. The lowest BCUT2D eigenvalue weighted by Crippen LogP contribution is -2.41. The number of benzene rings is 1. The second-order valence-electron chi connectivity index (χ2n) is 6.74. The third-order valence-corrected chi connectivity index (χ3v) is 5.60. The van der Waals surface area contributed by atoms with Gasteiger partial charge in [-0.05, 0) is 36.4 Å². The number of nitrogens with one attached hydrogen (secondary N) is 1. The molecule has 2 amide bonds. The summed E-state index contributed by atoms with van der Waals surface area (Å²) in [6.07, 6.45) is 1.77. The van der Waals surface area contributed by atoms with E-state index in [0.717, 1.165) is 18.4 Å². The Kier molecular flexibility index (Phi) is 5.66. The molecule has 1 fully saturated rings. The molecule has 0 aliphatic carbocycles. The summed E-state index contributed by atoms with van der Waals surface area (Å²) in [5.74, 6) is 2.32. The number of rotatable bonds is 5. The van der Waals surface area contributed by atoms with Crippen molar-refractivity contribution in [2.24, 2.45) is 0 Å². The predicted octanol–water partition coefficient (Wildman–Crippen LogP) is 4.23. The number of hydrogen-bond donors (Lipinski definition) is 1. The van der Waals surface area contributed by atoms with Gasteiger partial charge < -0.3 is 24.1 Å². The summed E-state index contributed by atoms with van der Waals surface area (Å²) >= 11 is 1.58. The maximum Gasteiger partial charge on any atom is 0.321 e. The summed E-state index contributed by atoms with van der Waals surface area (Å²) in [4.78, 5) is 14.6. The van der Waals surface area contributed by atoms with Gasteiger partial charge in [0.2, 0.25) is 11.8 Å². The fraction of sp³-hybridized carbons (Fsp3) is 0.350. The van der Waals surface area contributed by atoms with Gasteiger partial charge in [0.15, 0.2) is 0 Å². The number of piperidine rings is 1. The van der Waals surface area contributed by atoms with Crippen molar-refractivity contribution in [1.82, 2.24) is 15.1 Å². The van der Waals surface area contributed by atoms with Crippen LogP contribution in [0.25, 0.3) is 11.5 Å². The third-order valence-electron chi connectivity index (χ3n) is 4.92. The summed E-state index contributed by atoms with van der Waals surface area (Å²) in [5, 5.41) is 15.2. The average Bonchev–Trinajstić information content (AvgIpc) is 3.46. The molecule has 2 aromatic heterocycles. The van der Waals surface area contributed by atoms with Gasteiger partial charge in [-0.25, -0.2) is 4.79 Å². The molecular weight excluding hydrogens is 392 g/mol. The Morgan fingerprint density at radius 2 is 2.17 bits per heavy atom. The monoisotopic (exact) mass is 414 g/mol. The highest BCUT2D eigenvalue weighted by Crippen LogP contribution is 2.31. The van der Waals surface area contributed by atoms with E-state index in [2.05, 4.69) is 15.5 Å². The molecule has 3 aromatic rings. The molecule has 4 rings (SSSR count). The maximum atomic E-state index is 12.8. The van der Waals surface area contributed by atoms with Gasteiger partial charge in [-0.3, -0.25) is 0 Å². The highest BCUT2D eigenvalue weighted by atomic mass is 32.1. The van der Waals surface area contributed by atoms with Crippen LogP contribution >= 0.6 is 11.3 Å². The smallest absolute Gasteiger partial charge is 0.321 e. The summed E-state index contributed by atoms with van der Waals surface area (Å²) in [7, 11) is 3.14. The molecule has 3 heterocycles. The van der Waals surface area contributed by atoms with Crippen LogP contribution in [0.4, 0.5) is 10.5 Å². The van der Waals surface area contributed by atoms with E-state index in [4.69, 9.17) is 13.9 Å². The first-order valence-corrected chi connectivity index (χ1v) is 10.3. The number of urea groups is 1. The van der Waals surface area contributed by atoms with Gasteiger partial charge >= 0.3 is 6.03 Å². The lowest BCUT2D eigenvalue weighted by molar-refractivity contribution is 0.187. The molecule has 1 N–H and O–H groups in total. The van der Waals surface area contributed by atoms with E-state index in [1.165, 1.54) is 0 Å². The van der Waals surface area contributed by atoms with Crippen molar-refractivity contribution < 1.29 is 18.7 Å². The van der Waals surface area contributed by atoms with Gasteiger partial charge in [-0.1, -0.05) is 0 Å². The van der Waals surface area contributed by atoms with Crippen molar-refractivity contribution >= 4 is 23.1 Å². The average molecular weight is 414 g/mol. The maximum absolute atomic E-state index is 12.8. The fourth-order valence-electron chi connectivity index (χ4n) is 3.36. The van der Waals surface area contributed by atoms with Crippen molar-refractivity contribution in [2.75, 3.05) is 32.6 Å².